The highest BCUT2D eigenvalue weighted by molar-refractivity contribution is 5.76. The smallest absolute Gasteiger partial charge is 0.223 e. The van der Waals surface area contributed by atoms with Crippen molar-refractivity contribution in [2.24, 2.45) is 5.92 Å². The monoisotopic (exact) mass is 240 g/mol. The van der Waals surface area contributed by atoms with Crippen molar-refractivity contribution >= 4 is 5.91 Å². The zero-order valence-corrected chi connectivity index (χ0v) is 11.5. The van der Waals surface area contributed by atoms with Crippen molar-refractivity contribution in [3.63, 3.8) is 0 Å². The highest BCUT2D eigenvalue weighted by Gasteiger charge is 2.19. The second-order valence-corrected chi connectivity index (χ2v) is 5.07. The molecule has 0 radical (unpaired) electrons. The van der Waals surface area contributed by atoms with Gasteiger partial charge in [0.1, 0.15) is 0 Å². The standard InChI is InChI=1S/C14H28N2O/c1-3-6-13-7-5-11-16(12-9-13)14(17)8-10-15-4-2/h13,15H,3-12H2,1-2H3. The van der Waals surface area contributed by atoms with Gasteiger partial charge in [-0.1, -0.05) is 26.7 Å². The summed E-state index contributed by atoms with van der Waals surface area (Å²) >= 11 is 0. The molecule has 1 N–H and O–H groups in total. The van der Waals surface area contributed by atoms with E-state index >= 15 is 0 Å². The average Bonchev–Trinajstić information content (AvgIpc) is 2.55. The molecule has 0 aromatic rings. The number of amides is 1. The molecule has 3 heteroatoms. The Hall–Kier alpha value is -0.570. The number of hydrogen-bond acceptors (Lipinski definition) is 2. The normalized spacial score (nSPS) is 21.3. The van der Waals surface area contributed by atoms with Crippen molar-refractivity contribution in [2.45, 2.75) is 52.4 Å². The van der Waals surface area contributed by atoms with Crippen LogP contribution in [0.4, 0.5) is 0 Å². The van der Waals surface area contributed by atoms with Gasteiger partial charge in [-0.05, 0) is 31.7 Å². The Kier molecular flexibility index (Phi) is 7.25. The van der Waals surface area contributed by atoms with E-state index in [1.807, 2.05) is 0 Å². The summed E-state index contributed by atoms with van der Waals surface area (Å²) in [5.74, 6) is 1.19. The molecule has 0 aromatic carbocycles. The first-order chi connectivity index (χ1) is 8.27. The average molecular weight is 240 g/mol. The quantitative estimate of drug-likeness (QED) is 0.723. The van der Waals surface area contributed by atoms with E-state index in [9.17, 15) is 4.79 Å². The number of carbonyl (C=O) groups excluding carboxylic acids is 1. The van der Waals surface area contributed by atoms with Gasteiger partial charge < -0.3 is 10.2 Å². The van der Waals surface area contributed by atoms with Gasteiger partial charge in [0.05, 0.1) is 0 Å². The van der Waals surface area contributed by atoms with Crippen LogP contribution in [0.5, 0.6) is 0 Å². The second kappa shape index (κ2) is 8.51. The Balaban J connectivity index is 2.27. The molecule has 3 nitrogen and oxygen atoms in total. The summed E-state index contributed by atoms with van der Waals surface area (Å²) in [4.78, 5) is 14.1. The van der Waals surface area contributed by atoms with Gasteiger partial charge in [-0.2, -0.15) is 0 Å². The lowest BCUT2D eigenvalue weighted by Gasteiger charge is -2.20. The summed E-state index contributed by atoms with van der Waals surface area (Å²) in [5.41, 5.74) is 0. The van der Waals surface area contributed by atoms with Crippen LogP contribution in [-0.4, -0.2) is 37.0 Å². The summed E-state index contributed by atoms with van der Waals surface area (Å²) in [6, 6.07) is 0. The second-order valence-electron chi connectivity index (χ2n) is 5.07. The molecule has 0 saturated carbocycles. The van der Waals surface area contributed by atoms with E-state index in [2.05, 4.69) is 24.1 Å². The van der Waals surface area contributed by atoms with Crippen LogP contribution < -0.4 is 5.32 Å². The number of rotatable bonds is 6. The molecule has 1 rings (SSSR count). The summed E-state index contributed by atoms with van der Waals surface area (Å²) in [6.45, 7) is 8.06. The number of nitrogens with zero attached hydrogens (tertiary/aromatic N) is 1. The minimum absolute atomic E-state index is 0.336. The van der Waals surface area contributed by atoms with Crippen LogP contribution in [-0.2, 0) is 4.79 Å². The molecule has 0 aromatic heterocycles. The van der Waals surface area contributed by atoms with Gasteiger partial charge in [0.2, 0.25) is 5.91 Å². The largest absolute Gasteiger partial charge is 0.343 e. The van der Waals surface area contributed by atoms with E-state index < -0.39 is 0 Å². The number of carbonyl (C=O) groups is 1. The lowest BCUT2D eigenvalue weighted by molar-refractivity contribution is -0.131. The van der Waals surface area contributed by atoms with E-state index in [1.54, 1.807) is 0 Å². The molecular weight excluding hydrogens is 212 g/mol. The van der Waals surface area contributed by atoms with Crippen molar-refractivity contribution < 1.29 is 4.79 Å². The summed E-state index contributed by atoms with van der Waals surface area (Å²) in [5, 5.41) is 3.22. The van der Waals surface area contributed by atoms with Crippen LogP contribution >= 0.6 is 0 Å². The number of hydrogen-bond donors (Lipinski definition) is 1. The molecule has 1 fully saturated rings. The third kappa shape index (κ3) is 5.53. The predicted molar refractivity (Wildman–Crippen MR) is 72.0 cm³/mol. The van der Waals surface area contributed by atoms with Gasteiger partial charge in [0.25, 0.3) is 0 Å². The fourth-order valence-corrected chi connectivity index (χ4v) is 2.64. The highest BCUT2D eigenvalue weighted by atomic mass is 16.2. The van der Waals surface area contributed by atoms with Crippen molar-refractivity contribution in [1.82, 2.24) is 10.2 Å². The van der Waals surface area contributed by atoms with Crippen molar-refractivity contribution in [3.05, 3.63) is 0 Å². The molecule has 17 heavy (non-hydrogen) atoms. The predicted octanol–water partition coefficient (Wildman–Crippen LogP) is 2.41. The Morgan fingerprint density at radius 2 is 2.12 bits per heavy atom. The highest BCUT2D eigenvalue weighted by Crippen LogP contribution is 2.22. The first-order valence-electron chi connectivity index (χ1n) is 7.26. The van der Waals surface area contributed by atoms with Gasteiger partial charge in [0.15, 0.2) is 0 Å². The van der Waals surface area contributed by atoms with Crippen LogP contribution in [0.15, 0.2) is 0 Å². The molecule has 0 spiro atoms. The van der Waals surface area contributed by atoms with Crippen LogP contribution in [0.25, 0.3) is 0 Å². The van der Waals surface area contributed by atoms with Crippen molar-refractivity contribution in [3.8, 4) is 0 Å². The van der Waals surface area contributed by atoms with Crippen molar-refractivity contribution in [2.75, 3.05) is 26.2 Å². The third-order valence-corrected chi connectivity index (χ3v) is 3.66. The lowest BCUT2D eigenvalue weighted by Crippen LogP contribution is -2.34. The van der Waals surface area contributed by atoms with E-state index in [4.69, 9.17) is 0 Å². The molecule has 1 unspecified atom stereocenters. The van der Waals surface area contributed by atoms with Crippen LogP contribution in [0.1, 0.15) is 52.4 Å². The Labute approximate surface area is 106 Å². The summed E-state index contributed by atoms with van der Waals surface area (Å²) in [6.07, 6.45) is 6.98. The van der Waals surface area contributed by atoms with E-state index in [-0.39, 0.29) is 0 Å². The minimum atomic E-state index is 0.336. The SMILES string of the molecule is CCCC1CCCN(C(=O)CCNCC)CC1. The maximum Gasteiger partial charge on any atom is 0.223 e. The van der Waals surface area contributed by atoms with Gasteiger partial charge in [-0.15, -0.1) is 0 Å². The van der Waals surface area contributed by atoms with E-state index in [0.29, 0.717) is 12.3 Å². The molecular formula is C14H28N2O. The topological polar surface area (TPSA) is 32.3 Å². The zero-order chi connectivity index (χ0) is 12.5. The fourth-order valence-electron chi connectivity index (χ4n) is 2.64. The van der Waals surface area contributed by atoms with Crippen LogP contribution in [0, 0.1) is 5.92 Å². The van der Waals surface area contributed by atoms with Gasteiger partial charge in [-0.3, -0.25) is 4.79 Å². The Morgan fingerprint density at radius 1 is 1.29 bits per heavy atom. The summed E-state index contributed by atoms with van der Waals surface area (Å²) < 4.78 is 0. The van der Waals surface area contributed by atoms with Crippen molar-refractivity contribution in [1.29, 1.82) is 0 Å². The maximum absolute atomic E-state index is 12.0. The molecule has 1 atom stereocenters. The first-order valence-corrected chi connectivity index (χ1v) is 7.26. The molecule has 1 aliphatic heterocycles. The molecule has 1 heterocycles. The molecule has 0 bridgehead atoms. The van der Waals surface area contributed by atoms with E-state index in [0.717, 1.165) is 32.1 Å². The molecule has 100 valence electrons. The molecule has 0 aliphatic carbocycles. The van der Waals surface area contributed by atoms with Gasteiger partial charge in [0, 0.05) is 26.1 Å². The molecule has 1 amide bonds. The Bertz CT molecular complexity index is 218. The number of likely N-dealkylation sites (tertiary alicyclic amines) is 1. The molecule has 1 aliphatic rings. The number of nitrogens with one attached hydrogen (secondary N) is 1. The summed E-state index contributed by atoms with van der Waals surface area (Å²) in [7, 11) is 0. The minimum Gasteiger partial charge on any atom is -0.343 e. The maximum atomic E-state index is 12.0. The van der Waals surface area contributed by atoms with Crippen LogP contribution in [0.3, 0.4) is 0 Å². The van der Waals surface area contributed by atoms with Gasteiger partial charge >= 0.3 is 0 Å². The first kappa shape index (κ1) is 14.5. The Morgan fingerprint density at radius 3 is 2.82 bits per heavy atom. The van der Waals surface area contributed by atoms with E-state index in [1.165, 1.54) is 32.1 Å². The molecule has 1 saturated heterocycles. The third-order valence-electron chi connectivity index (χ3n) is 3.66. The fraction of sp³-hybridized carbons (Fsp3) is 0.929. The zero-order valence-electron chi connectivity index (χ0n) is 11.5. The van der Waals surface area contributed by atoms with Crippen LogP contribution in [0.2, 0.25) is 0 Å². The van der Waals surface area contributed by atoms with Gasteiger partial charge in [-0.25, -0.2) is 0 Å². The lowest BCUT2D eigenvalue weighted by atomic mass is 9.96.